The lowest BCUT2D eigenvalue weighted by atomic mass is 9.66. The fraction of sp³-hybridized carbons (Fsp3) is 0.683. The Bertz CT molecular complexity index is 1840. The van der Waals surface area contributed by atoms with Crippen LogP contribution in [-0.2, 0) is 33.3 Å². The van der Waals surface area contributed by atoms with Crippen molar-refractivity contribution in [3.63, 3.8) is 0 Å². The average molecular weight is 795 g/mol. The molecule has 3 saturated heterocycles. The minimum Gasteiger partial charge on any atom is -0.458 e. The lowest BCUT2D eigenvalue weighted by Crippen LogP contribution is -2.58. The van der Waals surface area contributed by atoms with Gasteiger partial charge in [0.05, 0.1) is 18.2 Å². The first kappa shape index (κ1) is 43.7. The summed E-state index contributed by atoms with van der Waals surface area (Å²) >= 11 is 0. The number of ketones is 2. The van der Waals surface area contributed by atoms with Gasteiger partial charge in [0.1, 0.15) is 29.6 Å². The van der Waals surface area contributed by atoms with Gasteiger partial charge >= 0.3 is 12.1 Å². The fourth-order valence-corrected chi connectivity index (χ4v) is 8.85. The number of nitrogen functional groups attached to an aromatic ring is 1. The van der Waals surface area contributed by atoms with E-state index in [0.29, 0.717) is 29.9 Å². The number of aromatic nitrogens is 3. The second-order valence-electron chi connectivity index (χ2n) is 16.7. The Morgan fingerprint density at radius 1 is 1.05 bits per heavy atom. The normalized spacial score (nSPS) is 36.7. The number of amides is 1. The van der Waals surface area contributed by atoms with Crippen molar-refractivity contribution in [2.75, 3.05) is 19.8 Å². The number of nitrogens with two attached hydrogens (primary N) is 1. The monoisotopic (exact) mass is 794 g/mol. The Morgan fingerprint density at radius 2 is 1.74 bits per heavy atom. The smallest absolute Gasteiger partial charge is 0.408 e. The highest BCUT2D eigenvalue weighted by Crippen LogP contribution is 2.45. The number of alkyl carbamates (subject to hydrolysis) is 1. The first-order valence-corrected chi connectivity index (χ1v) is 19.8. The summed E-state index contributed by atoms with van der Waals surface area (Å²) in [5, 5.41) is 18.5. The molecule has 3 aliphatic rings. The van der Waals surface area contributed by atoms with Crippen LogP contribution in [0.5, 0.6) is 0 Å². The van der Waals surface area contributed by atoms with Crippen LogP contribution < -0.4 is 11.1 Å². The van der Waals surface area contributed by atoms with Crippen molar-refractivity contribution >= 4 is 29.6 Å². The average Bonchev–Trinajstić information content (AvgIpc) is 3.77. The molecule has 0 aliphatic carbocycles. The van der Waals surface area contributed by atoms with Crippen LogP contribution in [0.25, 0.3) is 11.3 Å². The minimum atomic E-state index is -1.38. The molecule has 5 heterocycles. The van der Waals surface area contributed by atoms with Crippen LogP contribution in [-0.4, -0.2) is 111 Å². The number of carbonyl (C=O) groups excluding carboxylic acids is 4. The SMILES string of the molecule is CC[C@@H]1OC(=O)C(C)C(=O)[C@H](C)[C@@H](O[C@@H]2O[C@H](C)C[C@H](N(C)C)[C@H]2O)[C@](C)(CCC#Cc2cc(-c3cnc(N)nc3)no2)C[C@@H](C)C(=O)[C@@H](C)[C@H]2NC(=O)O[C@]12C. The zero-order valence-corrected chi connectivity index (χ0v) is 34.6. The third-order valence-corrected chi connectivity index (χ3v) is 12.1. The van der Waals surface area contributed by atoms with E-state index >= 15 is 0 Å². The van der Waals surface area contributed by atoms with Crippen molar-refractivity contribution in [1.82, 2.24) is 25.3 Å². The van der Waals surface area contributed by atoms with Crippen LogP contribution in [0, 0.1) is 40.9 Å². The maximum absolute atomic E-state index is 14.5. The third-order valence-electron chi connectivity index (χ3n) is 12.1. The molecule has 0 bridgehead atoms. The van der Waals surface area contributed by atoms with Crippen LogP contribution >= 0.6 is 0 Å². The van der Waals surface area contributed by atoms with Crippen molar-refractivity contribution in [1.29, 1.82) is 0 Å². The van der Waals surface area contributed by atoms with Gasteiger partial charge in [0.15, 0.2) is 17.7 Å². The van der Waals surface area contributed by atoms with Gasteiger partial charge in [0.25, 0.3) is 0 Å². The minimum absolute atomic E-state index is 0.131. The molecule has 16 heteroatoms. The number of carbonyl (C=O) groups is 4. The van der Waals surface area contributed by atoms with Crippen molar-refractivity contribution in [2.45, 2.75) is 136 Å². The number of cyclic esters (lactones) is 1. The molecule has 2 aromatic heterocycles. The molecule has 57 heavy (non-hydrogen) atoms. The summed E-state index contributed by atoms with van der Waals surface area (Å²) in [6, 6.07) is 0.537. The van der Waals surface area contributed by atoms with E-state index in [4.69, 9.17) is 29.2 Å². The molecule has 0 radical (unpaired) electrons. The van der Waals surface area contributed by atoms with E-state index in [1.807, 2.05) is 39.8 Å². The number of likely N-dealkylation sites (N-methyl/N-ethyl adjacent to an activating group) is 1. The summed E-state index contributed by atoms with van der Waals surface area (Å²) in [7, 11) is 3.74. The summed E-state index contributed by atoms with van der Waals surface area (Å²) < 4.78 is 30.2. The molecule has 5 rings (SSSR count). The molecule has 3 aliphatic heterocycles. The molecule has 16 nitrogen and oxygen atoms in total. The Balaban J connectivity index is 1.54. The predicted molar refractivity (Wildman–Crippen MR) is 207 cm³/mol. The number of hydrogen-bond acceptors (Lipinski definition) is 15. The van der Waals surface area contributed by atoms with Crippen molar-refractivity contribution in [2.24, 2.45) is 29.1 Å². The second-order valence-corrected chi connectivity index (χ2v) is 16.7. The zero-order valence-electron chi connectivity index (χ0n) is 34.6. The van der Waals surface area contributed by atoms with Crippen LogP contribution in [0.15, 0.2) is 23.0 Å². The predicted octanol–water partition coefficient (Wildman–Crippen LogP) is 3.94. The topological polar surface area (TPSA) is 219 Å². The number of nitrogens with zero attached hydrogens (tertiary/aromatic N) is 4. The molecular weight excluding hydrogens is 736 g/mol. The largest absolute Gasteiger partial charge is 0.458 e. The highest BCUT2D eigenvalue weighted by atomic mass is 16.7. The molecule has 13 atom stereocenters. The van der Waals surface area contributed by atoms with E-state index in [0.717, 1.165) is 0 Å². The van der Waals surface area contributed by atoms with Gasteiger partial charge < -0.3 is 44.5 Å². The molecule has 2 aromatic rings. The number of aliphatic hydroxyl groups excluding tert-OH is 1. The standard InChI is InChI=1S/C41H58N6O10/c1-11-30-41(8)34(45-39(52)56-41)23(4)31(48)21(2)18-40(7,15-13-12-14-27-17-28(46-57-27)26-19-43-38(42)44-20-26)35(24(5)32(49)25(6)36(51)54-30)55-37-33(50)29(47(9)10)16-22(3)53-37/h17,19-25,29-30,33-35,37,50H,11,13,15-16,18H2,1-10H3,(H,45,52)(H2,42,43,44)/t21-,22-,23-,24+,25?,29+,30+,33-,34-,35-,37+,40-,41-/m1/s1. The van der Waals surface area contributed by atoms with Crippen LogP contribution in [0.3, 0.4) is 0 Å². The number of aliphatic hydroxyl groups is 1. The summed E-state index contributed by atoms with van der Waals surface area (Å²) in [5.41, 5.74) is 4.35. The lowest BCUT2D eigenvalue weighted by Gasteiger charge is -2.47. The zero-order chi connectivity index (χ0) is 42.0. The van der Waals surface area contributed by atoms with Crippen LogP contribution in [0.1, 0.15) is 93.3 Å². The van der Waals surface area contributed by atoms with E-state index in [1.165, 1.54) is 19.3 Å². The second kappa shape index (κ2) is 17.6. The fourth-order valence-electron chi connectivity index (χ4n) is 8.85. The summed E-state index contributed by atoms with van der Waals surface area (Å²) in [6.07, 6.45) is -0.394. The van der Waals surface area contributed by atoms with Gasteiger partial charge in [-0.05, 0) is 71.9 Å². The molecule has 312 valence electrons. The van der Waals surface area contributed by atoms with Gasteiger partial charge in [-0.2, -0.15) is 0 Å². The molecule has 4 N–H and O–H groups in total. The van der Waals surface area contributed by atoms with Gasteiger partial charge in [0.2, 0.25) is 11.7 Å². The number of nitrogens with one attached hydrogen (secondary N) is 1. The Morgan fingerprint density at radius 3 is 2.39 bits per heavy atom. The molecule has 1 amide bonds. The highest BCUT2D eigenvalue weighted by molar-refractivity contribution is 6.00. The molecule has 3 fully saturated rings. The van der Waals surface area contributed by atoms with E-state index < -0.39 is 83.2 Å². The Kier molecular flexibility index (Phi) is 13.5. The van der Waals surface area contributed by atoms with Crippen molar-refractivity contribution in [3.05, 3.63) is 24.2 Å². The maximum Gasteiger partial charge on any atom is 0.408 e. The lowest BCUT2D eigenvalue weighted by molar-refractivity contribution is -0.286. The molecule has 1 unspecified atom stereocenters. The summed E-state index contributed by atoms with van der Waals surface area (Å²) in [4.78, 5) is 65.4. The van der Waals surface area contributed by atoms with Gasteiger partial charge in [-0.15, -0.1) is 0 Å². The first-order valence-electron chi connectivity index (χ1n) is 19.8. The van der Waals surface area contributed by atoms with Gasteiger partial charge in [-0.3, -0.25) is 14.4 Å². The third kappa shape index (κ3) is 9.33. The Labute approximate surface area is 334 Å². The van der Waals surface area contributed by atoms with Crippen LogP contribution in [0.2, 0.25) is 0 Å². The number of fused-ring (bicyclic) bond motifs is 1. The summed E-state index contributed by atoms with van der Waals surface area (Å²) in [5.74, 6) is 1.68. The van der Waals surface area contributed by atoms with Crippen molar-refractivity contribution < 1.29 is 47.8 Å². The first-order chi connectivity index (χ1) is 26.8. The number of anilines is 1. The Hall–Kier alpha value is -4.43. The van der Waals surface area contributed by atoms with Gasteiger partial charge in [-0.1, -0.05) is 45.7 Å². The van der Waals surface area contributed by atoms with Crippen molar-refractivity contribution in [3.8, 4) is 23.1 Å². The van der Waals surface area contributed by atoms with Gasteiger partial charge in [0, 0.05) is 54.2 Å². The number of Topliss-reactive ketones (excluding diaryl/α,β-unsaturated/α-hetero) is 2. The summed E-state index contributed by atoms with van der Waals surface area (Å²) in [6.45, 7) is 14.0. The number of hydrogen-bond donors (Lipinski definition) is 3. The van der Waals surface area contributed by atoms with E-state index in [-0.39, 0.29) is 43.1 Å². The van der Waals surface area contributed by atoms with Gasteiger partial charge in [-0.25, -0.2) is 14.8 Å². The molecule has 0 aromatic carbocycles. The number of rotatable bonds is 7. The number of esters is 1. The molecule has 0 saturated carbocycles. The highest BCUT2D eigenvalue weighted by Gasteiger charge is 2.57. The maximum atomic E-state index is 14.5. The van der Waals surface area contributed by atoms with E-state index in [1.54, 1.807) is 33.8 Å². The molecular formula is C41H58N6O10. The quantitative estimate of drug-likeness (QED) is 0.205. The van der Waals surface area contributed by atoms with E-state index in [9.17, 15) is 24.3 Å². The molecule has 0 spiro atoms. The van der Waals surface area contributed by atoms with E-state index in [2.05, 4.69) is 32.3 Å². The van der Waals surface area contributed by atoms with Crippen LogP contribution in [0.4, 0.5) is 10.7 Å². The number of ether oxygens (including phenoxy) is 4.